The maximum atomic E-state index is 11.0. The van der Waals surface area contributed by atoms with E-state index in [1.807, 2.05) is 30.3 Å². The highest BCUT2D eigenvalue weighted by molar-refractivity contribution is 8.00. The molecule has 0 aliphatic rings. The average Bonchev–Trinajstić information content (AvgIpc) is 2.35. The molecule has 118 valence electrons. The van der Waals surface area contributed by atoms with Crippen molar-refractivity contribution in [3.05, 3.63) is 30.3 Å². The van der Waals surface area contributed by atoms with E-state index in [-0.39, 0.29) is 6.54 Å². The van der Waals surface area contributed by atoms with Crippen molar-refractivity contribution in [3.8, 4) is 0 Å². The van der Waals surface area contributed by atoms with Crippen molar-refractivity contribution in [2.45, 2.75) is 17.7 Å². The summed E-state index contributed by atoms with van der Waals surface area (Å²) in [6, 6.07) is 9.77. The van der Waals surface area contributed by atoms with Crippen LogP contribution >= 0.6 is 27.3 Å². The second kappa shape index (κ2) is 8.36. The Kier molecular flexibility index (Phi) is 7.47. The molecule has 0 radical (unpaired) electrons. The van der Waals surface area contributed by atoms with E-state index in [9.17, 15) is 4.57 Å². The lowest BCUT2D eigenvalue weighted by Crippen LogP contribution is -2.07. The van der Waals surface area contributed by atoms with Gasteiger partial charge in [-0.1, -0.05) is 18.2 Å². The lowest BCUT2D eigenvalue weighted by Gasteiger charge is -2.08. The molecule has 1 rings (SSSR count). The fourth-order valence-electron chi connectivity index (χ4n) is 1.46. The lowest BCUT2D eigenvalue weighted by atomic mass is 10.3. The average molecular weight is 354 g/mol. The van der Waals surface area contributed by atoms with E-state index in [4.69, 9.17) is 24.5 Å². The standard InChI is InChI=1S/C11H17NO6P2S/c13-19(14,15)11(20(16,17)18)12-8-4-5-9-21-10-6-2-1-3-7-10/h1-3,6-7,13-15H,4-5,8-9H2,(H-,16,17,18)/p+1. The van der Waals surface area contributed by atoms with E-state index in [1.54, 1.807) is 11.8 Å². The SMILES string of the molecule is O=P(O)(O)C(=NCCCCSc1ccccc1)[P+](O)(O)O. The van der Waals surface area contributed by atoms with Crippen LogP contribution in [0.1, 0.15) is 12.8 Å². The van der Waals surface area contributed by atoms with Crippen molar-refractivity contribution in [1.82, 2.24) is 0 Å². The zero-order valence-corrected chi connectivity index (χ0v) is 13.7. The third kappa shape index (κ3) is 7.49. The van der Waals surface area contributed by atoms with Gasteiger partial charge in [-0.15, -0.1) is 11.8 Å². The first-order valence-corrected chi connectivity index (χ1v) is 10.3. The summed E-state index contributed by atoms with van der Waals surface area (Å²) < 4.78 is 11.0. The van der Waals surface area contributed by atoms with Crippen LogP contribution in [0.4, 0.5) is 0 Å². The molecule has 0 aliphatic heterocycles. The van der Waals surface area contributed by atoms with Gasteiger partial charge in [0, 0.05) is 11.4 Å². The summed E-state index contributed by atoms with van der Waals surface area (Å²) in [6.07, 6.45) is 1.26. The number of hydrogen-bond acceptors (Lipinski definition) is 6. The smallest absolute Gasteiger partial charge is 0.317 e. The molecule has 7 nitrogen and oxygen atoms in total. The van der Waals surface area contributed by atoms with Gasteiger partial charge in [-0.2, -0.15) is 14.7 Å². The molecule has 21 heavy (non-hydrogen) atoms. The molecule has 10 heteroatoms. The second-order valence-corrected chi connectivity index (χ2v) is 8.76. The van der Waals surface area contributed by atoms with Gasteiger partial charge in [0.25, 0.3) is 0 Å². The van der Waals surface area contributed by atoms with Crippen LogP contribution in [-0.2, 0) is 4.57 Å². The Balaban J connectivity index is 2.38. The van der Waals surface area contributed by atoms with E-state index in [2.05, 4.69) is 4.99 Å². The summed E-state index contributed by atoms with van der Waals surface area (Å²) in [5.41, 5.74) is 0. The van der Waals surface area contributed by atoms with Gasteiger partial charge in [-0.25, -0.2) is 9.56 Å². The summed E-state index contributed by atoms with van der Waals surface area (Å²) in [5, 5.41) is -1.22. The highest BCUT2D eigenvalue weighted by atomic mass is 32.2. The molecule has 0 saturated carbocycles. The first kappa shape index (κ1) is 18.7. The summed E-state index contributed by atoms with van der Waals surface area (Å²) >= 11 is 1.65. The van der Waals surface area contributed by atoms with Gasteiger partial charge in [-0.3, -0.25) is 0 Å². The molecule has 0 aromatic heterocycles. The Hall–Kier alpha value is -0.300. The van der Waals surface area contributed by atoms with E-state index < -0.39 is 20.7 Å². The van der Waals surface area contributed by atoms with Crippen LogP contribution in [-0.4, -0.2) is 42.0 Å². The predicted octanol–water partition coefficient (Wildman–Crippen LogP) is 1.83. The van der Waals surface area contributed by atoms with Gasteiger partial charge < -0.3 is 9.79 Å². The highest BCUT2D eigenvalue weighted by Crippen LogP contribution is 2.60. The third-order valence-corrected chi connectivity index (χ3v) is 6.37. The number of nitrogens with zero attached hydrogens (tertiary/aromatic N) is 1. The molecule has 0 fully saturated rings. The fourth-order valence-corrected chi connectivity index (χ4v) is 4.37. The molecule has 0 unspecified atom stereocenters. The molecule has 0 bridgehead atoms. The number of unbranched alkanes of at least 4 members (excludes halogenated alkanes) is 1. The van der Waals surface area contributed by atoms with Crippen LogP contribution < -0.4 is 0 Å². The molecular formula is C11H18NO6P2S+. The van der Waals surface area contributed by atoms with Crippen molar-refractivity contribution < 1.29 is 29.0 Å². The molecule has 0 aliphatic carbocycles. The summed E-state index contributed by atoms with van der Waals surface area (Å²) in [6.45, 7) is 0.0131. The monoisotopic (exact) mass is 354 g/mol. The topological polar surface area (TPSA) is 131 Å². The normalized spacial score (nSPS) is 13.5. The minimum absolute atomic E-state index is 0.0131. The van der Waals surface area contributed by atoms with Crippen molar-refractivity contribution in [2.24, 2.45) is 4.99 Å². The van der Waals surface area contributed by atoms with Gasteiger partial charge >= 0.3 is 20.7 Å². The van der Waals surface area contributed by atoms with Gasteiger partial charge in [0.15, 0.2) is 0 Å². The van der Waals surface area contributed by atoms with Gasteiger partial charge in [-0.05, 0) is 30.7 Å². The molecule has 0 heterocycles. The third-order valence-electron chi connectivity index (χ3n) is 2.35. The maximum Gasteiger partial charge on any atom is 0.469 e. The molecule has 1 aromatic carbocycles. The lowest BCUT2D eigenvalue weighted by molar-refractivity contribution is 0.348. The molecule has 5 N–H and O–H groups in total. The highest BCUT2D eigenvalue weighted by Gasteiger charge is 2.51. The number of thioether (sulfide) groups is 1. The Morgan fingerprint density at radius 1 is 1.14 bits per heavy atom. The maximum absolute atomic E-state index is 11.0. The van der Waals surface area contributed by atoms with Gasteiger partial charge in [0.2, 0.25) is 0 Å². The van der Waals surface area contributed by atoms with Crippen LogP contribution in [0, 0.1) is 0 Å². The van der Waals surface area contributed by atoms with Crippen LogP contribution in [0.25, 0.3) is 0 Å². The Labute approximate surface area is 127 Å². The summed E-state index contributed by atoms with van der Waals surface area (Å²) in [7, 11) is -9.73. The van der Waals surface area contributed by atoms with Crippen LogP contribution in [0.2, 0.25) is 0 Å². The zero-order chi connectivity index (χ0) is 15.9. The molecule has 0 saturated heterocycles. The van der Waals surface area contributed by atoms with Crippen LogP contribution in [0.15, 0.2) is 40.2 Å². The number of benzene rings is 1. The van der Waals surface area contributed by atoms with Gasteiger partial charge in [0.1, 0.15) is 0 Å². The van der Waals surface area contributed by atoms with Crippen LogP contribution in [0.3, 0.4) is 0 Å². The summed E-state index contributed by atoms with van der Waals surface area (Å²) in [4.78, 5) is 49.2. The predicted molar refractivity (Wildman–Crippen MR) is 84.3 cm³/mol. The quantitative estimate of drug-likeness (QED) is 0.208. The largest absolute Gasteiger partial charge is 0.469 e. The van der Waals surface area contributed by atoms with E-state index >= 15 is 0 Å². The van der Waals surface area contributed by atoms with Crippen molar-refractivity contribution >= 4 is 32.5 Å². The van der Waals surface area contributed by atoms with E-state index in [0.717, 1.165) is 17.1 Å². The minimum Gasteiger partial charge on any atom is -0.317 e. The summed E-state index contributed by atoms with van der Waals surface area (Å²) in [5.74, 6) is 0.808. The Morgan fingerprint density at radius 3 is 2.29 bits per heavy atom. The number of hydrogen-bond donors (Lipinski definition) is 5. The second-order valence-electron chi connectivity index (χ2n) is 4.16. The van der Waals surface area contributed by atoms with Crippen molar-refractivity contribution in [3.63, 3.8) is 0 Å². The molecule has 0 spiro atoms. The Bertz CT molecular complexity index is 513. The molecule has 0 atom stereocenters. The van der Waals surface area contributed by atoms with E-state index in [1.165, 1.54) is 0 Å². The minimum atomic E-state index is -4.96. The first-order valence-electron chi connectivity index (χ1n) is 6.07. The van der Waals surface area contributed by atoms with Crippen LogP contribution in [0.5, 0.6) is 0 Å². The Morgan fingerprint density at radius 2 is 1.76 bits per heavy atom. The van der Waals surface area contributed by atoms with E-state index in [0.29, 0.717) is 6.42 Å². The van der Waals surface area contributed by atoms with Crippen molar-refractivity contribution in [1.29, 1.82) is 0 Å². The molecule has 1 aromatic rings. The van der Waals surface area contributed by atoms with Gasteiger partial charge in [0.05, 0.1) is 0 Å². The molecular weight excluding hydrogens is 336 g/mol. The fraction of sp³-hybridized carbons (Fsp3) is 0.364. The zero-order valence-electron chi connectivity index (χ0n) is 11.1. The number of rotatable bonds is 8. The van der Waals surface area contributed by atoms with Crippen molar-refractivity contribution in [2.75, 3.05) is 12.3 Å². The number of aliphatic imine (C=N–C) groups is 1. The molecule has 0 amide bonds. The first-order chi connectivity index (χ1) is 9.71.